The topological polar surface area (TPSA) is 74.6 Å². The van der Waals surface area contributed by atoms with E-state index < -0.39 is 11.9 Å². The van der Waals surface area contributed by atoms with Gasteiger partial charge in [0.1, 0.15) is 6.54 Å². The lowest BCUT2D eigenvalue weighted by Gasteiger charge is -2.03. The van der Waals surface area contributed by atoms with E-state index in [0.717, 1.165) is 30.3 Å². The van der Waals surface area contributed by atoms with E-state index in [1.807, 2.05) is 13.8 Å². The summed E-state index contributed by atoms with van der Waals surface area (Å²) in [5.41, 5.74) is 1.27. The van der Waals surface area contributed by atoms with E-state index in [1.165, 1.54) is 4.68 Å². The highest BCUT2D eigenvalue weighted by Crippen LogP contribution is 2.42. The zero-order valence-electron chi connectivity index (χ0n) is 15.3. The smallest absolute Gasteiger partial charge is 0.423 e. The van der Waals surface area contributed by atoms with Gasteiger partial charge in [-0.05, 0) is 32.8 Å². The molecule has 0 bridgehead atoms. The summed E-state index contributed by atoms with van der Waals surface area (Å²) in [6.07, 6.45) is -2.31. The standard InChI is InChI=1S/C17H18ClF3N6O/c1-9-16(18)10(2)26(24-9)6-5-14-22-23-15(28-14)8-27-12(11-3-4-11)7-13(25-27)17(19,20)21/h7,11H,3-6,8H2,1-2H3. The first-order valence-electron chi connectivity index (χ1n) is 8.88. The second-order valence-electron chi connectivity index (χ2n) is 6.93. The van der Waals surface area contributed by atoms with E-state index in [0.29, 0.717) is 29.6 Å². The number of nitrogens with zero attached hydrogens (tertiary/aromatic N) is 6. The first kappa shape index (κ1) is 19.0. The van der Waals surface area contributed by atoms with Crippen LogP contribution >= 0.6 is 11.6 Å². The number of aromatic nitrogens is 6. The van der Waals surface area contributed by atoms with Crippen LogP contribution in [0.5, 0.6) is 0 Å². The fourth-order valence-electron chi connectivity index (χ4n) is 3.08. The minimum atomic E-state index is -4.48. The van der Waals surface area contributed by atoms with Gasteiger partial charge in [0, 0.05) is 24.6 Å². The average Bonchev–Trinajstić information content (AvgIpc) is 3.14. The van der Waals surface area contributed by atoms with Crippen molar-refractivity contribution >= 4 is 11.6 Å². The van der Waals surface area contributed by atoms with Crippen molar-refractivity contribution in [2.75, 3.05) is 0 Å². The lowest BCUT2D eigenvalue weighted by atomic mass is 10.2. The zero-order valence-corrected chi connectivity index (χ0v) is 16.0. The molecule has 0 aromatic carbocycles. The third kappa shape index (κ3) is 3.78. The second kappa shape index (κ2) is 6.91. The van der Waals surface area contributed by atoms with E-state index in [-0.39, 0.29) is 18.4 Å². The van der Waals surface area contributed by atoms with Crippen LogP contribution in [0, 0.1) is 13.8 Å². The molecule has 0 saturated heterocycles. The molecular weight excluding hydrogens is 397 g/mol. The number of hydrogen-bond donors (Lipinski definition) is 0. The predicted octanol–water partition coefficient (Wildman–Crippen LogP) is 3.92. The molecule has 150 valence electrons. The first-order valence-corrected chi connectivity index (χ1v) is 9.26. The fraction of sp³-hybridized carbons (Fsp3) is 0.529. The molecule has 0 aliphatic heterocycles. The van der Waals surface area contributed by atoms with Crippen molar-refractivity contribution in [3.63, 3.8) is 0 Å². The molecule has 0 spiro atoms. The normalized spacial score (nSPS) is 14.8. The molecule has 3 aromatic heterocycles. The van der Waals surface area contributed by atoms with Gasteiger partial charge < -0.3 is 4.42 Å². The van der Waals surface area contributed by atoms with Crippen molar-refractivity contribution in [2.45, 2.75) is 58.3 Å². The molecule has 0 amide bonds. The molecule has 1 saturated carbocycles. The fourth-order valence-corrected chi connectivity index (χ4v) is 3.22. The van der Waals surface area contributed by atoms with Gasteiger partial charge in [0.15, 0.2) is 5.69 Å². The largest absolute Gasteiger partial charge is 0.435 e. The summed E-state index contributed by atoms with van der Waals surface area (Å²) in [6, 6.07) is 1.11. The van der Waals surface area contributed by atoms with Crippen molar-refractivity contribution in [1.29, 1.82) is 0 Å². The monoisotopic (exact) mass is 414 g/mol. The molecule has 0 atom stereocenters. The Morgan fingerprint density at radius 1 is 1.14 bits per heavy atom. The van der Waals surface area contributed by atoms with Gasteiger partial charge in [0.05, 0.1) is 16.4 Å². The molecule has 0 N–H and O–H groups in total. The highest BCUT2D eigenvalue weighted by molar-refractivity contribution is 6.31. The molecule has 0 unspecified atom stereocenters. The lowest BCUT2D eigenvalue weighted by Crippen LogP contribution is -2.09. The van der Waals surface area contributed by atoms with Crippen LogP contribution in [0.25, 0.3) is 0 Å². The van der Waals surface area contributed by atoms with E-state index in [9.17, 15) is 13.2 Å². The Morgan fingerprint density at radius 3 is 2.46 bits per heavy atom. The van der Waals surface area contributed by atoms with Gasteiger partial charge in [-0.2, -0.15) is 23.4 Å². The zero-order chi connectivity index (χ0) is 20.1. The Bertz CT molecular complexity index is 1000. The van der Waals surface area contributed by atoms with E-state index in [2.05, 4.69) is 20.4 Å². The lowest BCUT2D eigenvalue weighted by molar-refractivity contribution is -0.141. The molecule has 3 aromatic rings. The summed E-state index contributed by atoms with van der Waals surface area (Å²) in [5.74, 6) is 0.719. The van der Waals surface area contributed by atoms with Crippen molar-refractivity contribution in [2.24, 2.45) is 0 Å². The van der Waals surface area contributed by atoms with Crippen LogP contribution < -0.4 is 0 Å². The highest BCUT2D eigenvalue weighted by Gasteiger charge is 2.38. The van der Waals surface area contributed by atoms with Gasteiger partial charge in [0.25, 0.3) is 0 Å². The van der Waals surface area contributed by atoms with Crippen LogP contribution in [0.2, 0.25) is 5.02 Å². The molecule has 7 nitrogen and oxygen atoms in total. The predicted molar refractivity (Wildman–Crippen MR) is 93.0 cm³/mol. The number of rotatable bonds is 6. The summed E-state index contributed by atoms with van der Waals surface area (Å²) in [7, 11) is 0. The maximum atomic E-state index is 13.0. The SMILES string of the molecule is Cc1nn(CCc2nnc(Cn3nc(C(F)(F)F)cc3C3CC3)o2)c(C)c1Cl. The number of hydrogen-bond acceptors (Lipinski definition) is 5. The molecule has 1 aliphatic rings. The summed E-state index contributed by atoms with van der Waals surface area (Å²) >= 11 is 6.13. The molecule has 1 fully saturated rings. The van der Waals surface area contributed by atoms with Crippen molar-refractivity contribution in [3.05, 3.63) is 45.6 Å². The summed E-state index contributed by atoms with van der Waals surface area (Å²) in [4.78, 5) is 0. The van der Waals surface area contributed by atoms with Gasteiger partial charge in [0.2, 0.25) is 11.8 Å². The Balaban J connectivity index is 1.46. The maximum Gasteiger partial charge on any atom is 0.435 e. The maximum absolute atomic E-state index is 13.0. The number of aryl methyl sites for hydroxylation is 3. The average molecular weight is 415 g/mol. The van der Waals surface area contributed by atoms with Gasteiger partial charge in [-0.25, -0.2) is 0 Å². The molecule has 28 heavy (non-hydrogen) atoms. The van der Waals surface area contributed by atoms with Crippen LogP contribution in [0.3, 0.4) is 0 Å². The van der Waals surface area contributed by atoms with Gasteiger partial charge in [-0.1, -0.05) is 11.6 Å². The minimum absolute atomic E-state index is 0.0145. The van der Waals surface area contributed by atoms with E-state index in [1.54, 1.807) is 4.68 Å². The van der Waals surface area contributed by atoms with Crippen molar-refractivity contribution in [3.8, 4) is 0 Å². The van der Waals surface area contributed by atoms with Crippen molar-refractivity contribution in [1.82, 2.24) is 29.8 Å². The minimum Gasteiger partial charge on any atom is -0.423 e. The van der Waals surface area contributed by atoms with E-state index >= 15 is 0 Å². The van der Waals surface area contributed by atoms with Crippen molar-refractivity contribution < 1.29 is 17.6 Å². The van der Waals surface area contributed by atoms with E-state index in [4.69, 9.17) is 16.0 Å². The first-order chi connectivity index (χ1) is 13.2. The van der Waals surface area contributed by atoms with Crippen LogP contribution in [-0.4, -0.2) is 29.8 Å². The summed E-state index contributed by atoms with van der Waals surface area (Å²) in [6.45, 7) is 4.22. The van der Waals surface area contributed by atoms with Crippen LogP contribution in [0.4, 0.5) is 13.2 Å². The third-order valence-electron chi connectivity index (χ3n) is 4.72. The molecule has 11 heteroatoms. The molecule has 1 aliphatic carbocycles. The third-order valence-corrected chi connectivity index (χ3v) is 5.27. The molecule has 3 heterocycles. The molecule has 4 rings (SSSR count). The second-order valence-corrected chi connectivity index (χ2v) is 7.31. The Hall–Kier alpha value is -2.36. The Labute approximate surface area is 163 Å². The molecular formula is C17H18ClF3N6O. The Kier molecular flexibility index (Phi) is 4.68. The van der Waals surface area contributed by atoms with Gasteiger partial charge in [-0.15, -0.1) is 10.2 Å². The Morgan fingerprint density at radius 2 is 1.86 bits per heavy atom. The highest BCUT2D eigenvalue weighted by atomic mass is 35.5. The van der Waals surface area contributed by atoms with Crippen LogP contribution in [0.15, 0.2) is 10.5 Å². The number of alkyl halides is 3. The summed E-state index contributed by atoms with van der Waals surface area (Å²) < 4.78 is 47.6. The summed E-state index contributed by atoms with van der Waals surface area (Å²) in [5, 5.41) is 16.6. The quantitative estimate of drug-likeness (QED) is 0.611. The van der Waals surface area contributed by atoms with Gasteiger partial charge >= 0.3 is 6.18 Å². The van der Waals surface area contributed by atoms with Crippen LogP contribution in [0.1, 0.15) is 53.3 Å². The van der Waals surface area contributed by atoms with Crippen LogP contribution in [-0.2, 0) is 25.7 Å². The van der Waals surface area contributed by atoms with Gasteiger partial charge in [-0.3, -0.25) is 9.36 Å². The molecule has 0 radical (unpaired) electrons. The number of halogens is 4.